The lowest BCUT2D eigenvalue weighted by atomic mass is 10.0. The maximum atomic E-state index is 14.0. The number of benzene rings is 2. The third-order valence-electron chi connectivity index (χ3n) is 10.2. The van der Waals surface area contributed by atoms with E-state index in [9.17, 15) is 14.4 Å². The predicted octanol–water partition coefficient (Wildman–Crippen LogP) is 4.63. The fourth-order valence-corrected chi connectivity index (χ4v) is 8.60. The fraction of sp³-hybridized carbons (Fsp3) is 0.559. The van der Waals surface area contributed by atoms with Crippen LogP contribution in [0.3, 0.4) is 0 Å². The lowest BCUT2D eigenvalue weighted by molar-refractivity contribution is -0.143. The molecule has 3 N–H and O–H groups in total. The molecule has 13 heteroatoms. The summed E-state index contributed by atoms with van der Waals surface area (Å²) in [5, 5.41) is 3.05. The highest BCUT2D eigenvalue weighted by Gasteiger charge is 2.36. The molecule has 2 aromatic rings. The summed E-state index contributed by atoms with van der Waals surface area (Å²) in [6, 6.07) is 12.1. The summed E-state index contributed by atoms with van der Waals surface area (Å²) in [4.78, 5) is 51.0. The van der Waals surface area contributed by atoms with Gasteiger partial charge in [0, 0.05) is 79.0 Å². The Bertz CT molecular complexity index is 1430. The number of nitrogens with zero attached hydrogens (tertiary/aromatic N) is 5. The monoisotopic (exact) mass is 773 g/mol. The molecular formula is C34H45Br2N7O4. The second kappa shape index (κ2) is 15.1. The van der Waals surface area contributed by atoms with E-state index in [4.69, 9.17) is 10.5 Å². The van der Waals surface area contributed by atoms with E-state index in [0.717, 1.165) is 62.3 Å². The topological polar surface area (TPSA) is 115 Å². The first-order valence-electron chi connectivity index (χ1n) is 16.7. The molecule has 0 spiro atoms. The molecule has 4 aliphatic heterocycles. The first-order chi connectivity index (χ1) is 22.7. The van der Waals surface area contributed by atoms with Crippen LogP contribution in [-0.2, 0) is 22.4 Å². The van der Waals surface area contributed by atoms with Gasteiger partial charge in [-0.2, -0.15) is 0 Å². The standard InChI is InChI=1S/C34H45Br2N7O4/c1-39-11-7-25(8-12-39)40-16-18-41(19-17-40)32(44)30(22-23-20-27(35)31(37)28(36)21-23)47-34(46)42-13-9-26(10-14-42)43-15-6-24-4-2-3-5-29(24)38-33(43)45/h2-5,20-21,25-26,30H,6-19,22,37H2,1H3,(H,38,45). The quantitative estimate of drug-likeness (QED) is 0.412. The number of piperazine rings is 1. The Hall–Kier alpha value is -2.87. The fourth-order valence-electron chi connectivity index (χ4n) is 7.31. The van der Waals surface area contributed by atoms with Crippen LogP contribution in [0, 0.1) is 0 Å². The molecule has 3 fully saturated rings. The molecule has 47 heavy (non-hydrogen) atoms. The van der Waals surface area contributed by atoms with Gasteiger partial charge in [0.25, 0.3) is 5.91 Å². The molecule has 0 saturated carbocycles. The zero-order valence-corrected chi connectivity index (χ0v) is 30.2. The summed E-state index contributed by atoms with van der Waals surface area (Å²) in [7, 11) is 2.17. The van der Waals surface area contributed by atoms with Crippen LogP contribution in [0.2, 0.25) is 0 Å². The second-order valence-corrected chi connectivity index (χ2v) is 14.9. The summed E-state index contributed by atoms with van der Waals surface area (Å²) < 4.78 is 7.49. The number of fused-ring (bicyclic) bond motifs is 1. The minimum atomic E-state index is -0.965. The zero-order valence-electron chi connectivity index (χ0n) is 27.0. The lowest BCUT2D eigenvalue weighted by Crippen LogP contribution is -2.56. The highest BCUT2D eigenvalue weighted by atomic mass is 79.9. The Labute approximate surface area is 294 Å². The lowest BCUT2D eigenvalue weighted by Gasteiger charge is -2.42. The number of likely N-dealkylation sites (tertiary alicyclic amines) is 2. The van der Waals surface area contributed by atoms with Crippen LogP contribution >= 0.6 is 31.9 Å². The minimum absolute atomic E-state index is 0.0242. The average Bonchev–Trinajstić information content (AvgIpc) is 3.25. The number of anilines is 2. The molecular weight excluding hydrogens is 730 g/mol. The molecule has 3 saturated heterocycles. The van der Waals surface area contributed by atoms with E-state index >= 15 is 0 Å². The molecule has 1 atom stereocenters. The second-order valence-electron chi connectivity index (χ2n) is 13.2. The highest BCUT2D eigenvalue weighted by Crippen LogP contribution is 2.31. The molecule has 0 aliphatic carbocycles. The SMILES string of the molecule is CN1CCC(N2CCN(C(=O)C(Cc3cc(Br)c(N)c(Br)c3)OC(=O)N3CCC(N4CCc5ccccc5NC4=O)CC3)CC2)CC1. The van der Waals surface area contributed by atoms with E-state index in [1.807, 2.05) is 46.2 Å². The van der Waals surface area contributed by atoms with Crippen molar-refractivity contribution in [2.45, 2.75) is 56.7 Å². The molecule has 2 aromatic carbocycles. The van der Waals surface area contributed by atoms with Crippen LogP contribution in [0.15, 0.2) is 45.3 Å². The Morgan fingerprint density at radius 3 is 2.21 bits per heavy atom. The van der Waals surface area contributed by atoms with E-state index in [-0.39, 0.29) is 24.4 Å². The van der Waals surface area contributed by atoms with Crippen molar-refractivity contribution in [2.24, 2.45) is 0 Å². The summed E-state index contributed by atoms with van der Waals surface area (Å²) in [5.41, 5.74) is 9.52. The van der Waals surface area contributed by atoms with Gasteiger partial charge in [-0.25, -0.2) is 9.59 Å². The number of carbonyl (C=O) groups is 3. The van der Waals surface area contributed by atoms with Crippen LogP contribution in [0.1, 0.15) is 36.8 Å². The molecule has 0 radical (unpaired) electrons. The number of nitrogens with two attached hydrogens (primary N) is 1. The molecule has 4 aliphatic rings. The van der Waals surface area contributed by atoms with E-state index in [1.54, 1.807) is 4.90 Å². The maximum Gasteiger partial charge on any atom is 0.410 e. The van der Waals surface area contributed by atoms with Crippen molar-refractivity contribution in [1.82, 2.24) is 24.5 Å². The summed E-state index contributed by atoms with van der Waals surface area (Å²) in [6.07, 6.45) is 3.16. The number of nitrogen functional groups attached to an aromatic ring is 1. The van der Waals surface area contributed by atoms with Crippen LogP contribution < -0.4 is 11.1 Å². The van der Waals surface area contributed by atoms with Crippen molar-refractivity contribution in [2.75, 3.05) is 77.0 Å². The van der Waals surface area contributed by atoms with Gasteiger partial charge in [0.15, 0.2) is 6.10 Å². The van der Waals surface area contributed by atoms with Crippen molar-refractivity contribution in [3.05, 3.63) is 56.5 Å². The minimum Gasteiger partial charge on any atom is -0.436 e. The van der Waals surface area contributed by atoms with Gasteiger partial charge in [0.1, 0.15) is 0 Å². The van der Waals surface area contributed by atoms with Gasteiger partial charge in [0.2, 0.25) is 0 Å². The molecule has 1 unspecified atom stereocenters. The van der Waals surface area contributed by atoms with Crippen LogP contribution in [0.5, 0.6) is 0 Å². The third kappa shape index (κ3) is 8.06. The number of piperidine rings is 2. The first kappa shape index (κ1) is 34.0. The van der Waals surface area contributed by atoms with Crippen molar-refractivity contribution >= 4 is 61.3 Å². The zero-order chi connectivity index (χ0) is 33.1. The molecule has 0 aromatic heterocycles. The smallest absolute Gasteiger partial charge is 0.410 e. The van der Waals surface area contributed by atoms with Crippen LogP contribution in [-0.4, -0.2) is 127 Å². The molecule has 0 bridgehead atoms. The first-order valence-corrected chi connectivity index (χ1v) is 18.3. The van der Waals surface area contributed by atoms with E-state index < -0.39 is 12.2 Å². The van der Waals surface area contributed by atoms with Crippen molar-refractivity contribution in [3.63, 3.8) is 0 Å². The molecule has 11 nitrogen and oxygen atoms in total. The number of nitrogens with one attached hydrogen (secondary N) is 1. The third-order valence-corrected chi connectivity index (χ3v) is 11.5. The number of para-hydroxylation sites is 1. The number of hydrogen-bond acceptors (Lipinski definition) is 7. The number of ether oxygens (including phenoxy) is 1. The summed E-state index contributed by atoms with van der Waals surface area (Å²) >= 11 is 7.02. The van der Waals surface area contributed by atoms with Gasteiger partial charge in [-0.1, -0.05) is 18.2 Å². The highest BCUT2D eigenvalue weighted by molar-refractivity contribution is 9.11. The number of hydrogen-bond donors (Lipinski definition) is 2. The van der Waals surface area contributed by atoms with Crippen molar-refractivity contribution < 1.29 is 19.1 Å². The number of halogens is 2. The van der Waals surface area contributed by atoms with Gasteiger partial charge in [-0.05, 0) is 113 Å². The molecule has 4 heterocycles. The van der Waals surface area contributed by atoms with E-state index in [0.29, 0.717) is 66.2 Å². The summed E-state index contributed by atoms with van der Waals surface area (Å²) in [6.45, 7) is 6.61. The number of urea groups is 1. The van der Waals surface area contributed by atoms with Crippen LogP contribution in [0.25, 0.3) is 0 Å². The number of rotatable bonds is 6. The average molecular weight is 776 g/mol. The van der Waals surface area contributed by atoms with Crippen molar-refractivity contribution in [1.29, 1.82) is 0 Å². The Balaban J connectivity index is 1.08. The van der Waals surface area contributed by atoms with Gasteiger partial charge < -0.3 is 35.4 Å². The van der Waals surface area contributed by atoms with Crippen LogP contribution in [0.4, 0.5) is 21.0 Å². The maximum absolute atomic E-state index is 14.0. The number of amides is 4. The summed E-state index contributed by atoms with van der Waals surface area (Å²) in [5.74, 6) is -0.166. The van der Waals surface area contributed by atoms with Gasteiger partial charge in [-0.3, -0.25) is 9.69 Å². The molecule has 6 rings (SSSR count). The van der Waals surface area contributed by atoms with Gasteiger partial charge in [0.05, 0.1) is 5.69 Å². The number of carbonyl (C=O) groups excluding carboxylic acids is 3. The van der Waals surface area contributed by atoms with E-state index in [1.165, 1.54) is 0 Å². The Kier molecular flexibility index (Phi) is 10.9. The van der Waals surface area contributed by atoms with Crippen molar-refractivity contribution in [3.8, 4) is 0 Å². The predicted molar refractivity (Wildman–Crippen MR) is 189 cm³/mol. The molecule has 254 valence electrons. The molecule has 4 amide bonds. The Morgan fingerprint density at radius 1 is 0.894 bits per heavy atom. The Morgan fingerprint density at radius 2 is 1.53 bits per heavy atom. The largest absolute Gasteiger partial charge is 0.436 e. The van der Waals surface area contributed by atoms with E-state index in [2.05, 4.69) is 54.0 Å². The van der Waals surface area contributed by atoms with Gasteiger partial charge >= 0.3 is 12.1 Å². The normalized spacial score (nSPS) is 21.2. The van der Waals surface area contributed by atoms with Gasteiger partial charge in [-0.15, -0.1) is 0 Å².